The number of ether oxygens (including phenoxy) is 4. The van der Waals surface area contributed by atoms with Crippen molar-refractivity contribution in [3.8, 4) is 0 Å². The molecule has 14 heteroatoms. The summed E-state index contributed by atoms with van der Waals surface area (Å²) in [5.41, 5.74) is 0. The zero-order valence-electron chi connectivity index (χ0n) is 43.3. The largest absolute Gasteiger partial charge is 0.394 e. The molecular weight excluding hydrogens is 883 g/mol. The summed E-state index contributed by atoms with van der Waals surface area (Å²) in [5.74, 6) is -0.247. The molecule has 12 atom stereocenters. The highest BCUT2D eigenvalue weighted by atomic mass is 16.7. The van der Waals surface area contributed by atoms with Gasteiger partial charge in [0.05, 0.1) is 32.0 Å². The van der Waals surface area contributed by atoms with E-state index in [-0.39, 0.29) is 18.9 Å². The van der Waals surface area contributed by atoms with Crippen LogP contribution in [-0.4, -0.2) is 140 Å². The van der Waals surface area contributed by atoms with Crippen molar-refractivity contribution >= 4 is 5.91 Å². The molecule has 0 bridgehead atoms. The summed E-state index contributed by atoms with van der Waals surface area (Å²) in [6, 6.07) is -0.926. The molecule has 0 aromatic carbocycles. The van der Waals surface area contributed by atoms with Gasteiger partial charge in [-0.1, -0.05) is 212 Å². The van der Waals surface area contributed by atoms with Gasteiger partial charge in [0.2, 0.25) is 5.91 Å². The molecule has 2 rings (SSSR count). The number of aliphatic hydroxyl groups is 8. The summed E-state index contributed by atoms with van der Waals surface area (Å²) in [4.78, 5) is 13.2. The molecule has 0 aliphatic carbocycles. The van der Waals surface area contributed by atoms with Crippen LogP contribution < -0.4 is 5.32 Å². The third kappa shape index (κ3) is 28.5. The normalized spacial score (nSPS) is 26.3. The maximum absolute atomic E-state index is 13.2. The lowest BCUT2D eigenvalue weighted by atomic mass is 9.97. The summed E-state index contributed by atoms with van der Waals surface area (Å²) in [6.45, 7) is 2.76. The van der Waals surface area contributed by atoms with E-state index in [1.54, 1.807) is 6.08 Å². The van der Waals surface area contributed by atoms with Gasteiger partial charge in [-0.2, -0.15) is 0 Å². The molecule has 406 valence electrons. The van der Waals surface area contributed by atoms with Crippen LogP contribution in [0.4, 0.5) is 0 Å². The van der Waals surface area contributed by atoms with Gasteiger partial charge in [-0.15, -0.1) is 0 Å². The highest BCUT2D eigenvalue weighted by molar-refractivity contribution is 5.76. The number of aliphatic hydroxyl groups excluding tert-OH is 8. The van der Waals surface area contributed by atoms with Gasteiger partial charge in [0, 0.05) is 6.42 Å². The van der Waals surface area contributed by atoms with E-state index in [0.29, 0.717) is 12.8 Å². The van der Waals surface area contributed by atoms with Crippen molar-refractivity contribution in [2.24, 2.45) is 0 Å². The number of unbranched alkanes of at least 4 members (excludes halogenated alkanes) is 29. The molecule has 0 aromatic heterocycles. The van der Waals surface area contributed by atoms with E-state index in [9.17, 15) is 45.6 Å². The Kier molecular flexibility index (Phi) is 38.6. The van der Waals surface area contributed by atoms with Crippen molar-refractivity contribution in [2.45, 2.75) is 299 Å². The van der Waals surface area contributed by atoms with Gasteiger partial charge < -0.3 is 65.1 Å². The zero-order chi connectivity index (χ0) is 50.3. The monoisotopic (exact) mass is 986 g/mol. The highest BCUT2D eigenvalue weighted by Gasteiger charge is 2.51. The quantitative estimate of drug-likeness (QED) is 0.0206. The van der Waals surface area contributed by atoms with E-state index in [2.05, 4.69) is 31.3 Å². The molecule has 12 unspecified atom stereocenters. The van der Waals surface area contributed by atoms with Gasteiger partial charge in [0.25, 0.3) is 0 Å². The molecule has 0 radical (unpaired) electrons. The number of hydrogen-bond donors (Lipinski definition) is 9. The second-order valence-corrected chi connectivity index (χ2v) is 20.1. The number of carbonyl (C=O) groups excluding carboxylic acids is 1. The summed E-state index contributed by atoms with van der Waals surface area (Å²) in [5, 5.41) is 86.7. The SMILES string of the molecule is CCCCCCC/C=C/CC/C=C/C(O)C(COC1OC(CO)C(OC2OC(CO)C(O)C(O)C2O)C(O)C1O)NC(=O)CCCCCCCCCCCCCCCCCCCCCCCCCC. The van der Waals surface area contributed by atoms with Gasteiger partial charge >= 0.3 is 0 Å². The summed E-state index contributed by atoms with van der Waals surface area (Å²) in [7, 11) is 0. The van der Waals surface area contributed by atoms with Crippen LogP contribution in [0, 0.1) is 0 Å². The number of rotatable bonds is 44. The van der Waals surface area contributed by atoms with Crippen LogP contribution in [0.15, 0.2) is 24.3 Å². The van der Waals surface area contributed by atoms with Gasteiger partial charge in [0.15, 0.2) is 12.6 Å². The van der Waals surface area contributed by atoms with Gasteiger partial charge in [-0.05, 0) is 32.1 Å². The average Bonchev–Trinajstić information content (AvgIpc) is 3.35. The molecule has 9 N–H and O–H groups in total. The Morgan fingerprint density at radius 3 is 1.42 bits per heavy atom. The number of hydrogen-bond acceptors (Lipinski definition) is 13. The molecule has 2 aliphatic rings. The number of carbonyl (C=O) groups is 1. The number of amides is 1. The lowest BCUT2D eigenvalue weighted by Gasteiger charge is -2.46. The third-order valence-corrected chi connectivity index (χ3v) is 13.9. The number of allylic oxidation sites excluding steroid dienone is 3. The predicted octanol–water partition coefficient (Wildman–Crippen LogP) is 8.50. The van der Waals surface area contributed by atoms with Crippen LogP contribution in [0.25, 0.3) is 0 Å². The summed E-state index contributed by atoms with van der Waals surface area (Å²) < 4.78 is 22.7. The van der Waals surface area contributed by atoms with Gasteiger partial charge in [-0.25, -0.2) is 0 Å². The lowest BCUT2D eigenvalue weighted by Crippen LogP contribution is -2.65. The molecule has 1 amide bonds. The first-order valence-electron chi connectivity index (χ1n) is 28.1. The Labute approximate surface area is 418 Å². The van der Waals surface area contributed by atoms with Crippen LogP contribution in [0.2, 0.25) is 0 Å². The van der Waals surface area contributed by atoms with E-state index < -0.39 is 86.8 Å². The fourth-order valence-corrected chi connectivity index (χ4v) is 9.31. The van der Waals surface area contributed by atoms with Crippen molar-refractivity contribution < 1.29 is 64.6 Å². The molecule has 2 heterocycles. The molecule has 69 heavy (non-hydrogen) atoms. The fourth-order valence-electron chi connectivity index (χ4n) is 9.31. The van der Waals surface area contributed by atoms with Crippen molar-refractivity contribution in [1.29, 1.82) is 0 Å². The second-order valence-electron chi connectivity index (χ2n) is 20.1. The molecule has 0 saturated carbocycles. The minimum Gasteiger partial charge on any atom is -0.394 e. The van der Waals surface area contributed by atoms with E-state index in [1.165, 1.54) is 161 Å². The van der Waals surface area contributed by atoms with Crippen molar-refractivity contribution in [3.63, 3.8) is 0 Å². The van der Waals surface area contributed by atoms with Crippen LogP contribution in [-0.2, 0) is 23.7 Å². The van der Waals surface area contributed by atoms with Crippen LogP contribution >= 0.6 is 0 Å². The highest BCUT2D eigenvalue weighted by Crippen LogP contribution is 2.30. The second kappa shape index (κ2) is 41.9. The summed E-state index contributed by atoms with van der Waals surface area (Å²) in [6.07, 6.45) is 31.0. The molecule has 2 saturated heterocycles. The van der Waals surface area contributed by atoms with E-state index >= 15 is 0 Å². The van der Waals surface area contributed by atoms with E-state index in [1.807, 2.05) is 6.08 Å². The van der Waals surface area contributed by atoms with Crippen molar-refractivity contribution in [3.05, 3.63) is 24.3 Å². The zero-order valence-corrected chi connectivity index (χ0v) is 43.3. The molecular formula is C55H103NO13. The smallest absolute Gasteiger partial charge is 0.220 e. The first-order valence-corrected chi connectivity index (χ1v) is 28.1. The third-order valence-electron chi connectivity index (χ3n) is 13.9. The molecule has 2 fully saturated rings. The van der Waals surface area contributed by atoms with E-state index in [0.717, 1.165) is 32.1 Å². The Hall–Kier alpha value is -1.53. The first-order chi connectivity index (χ1) is 33.6. The van der Waals surface area contributed by atoms with Crippen LogP contribution in [0.1, 0.15) is 226 Å². The lowest BCUT2D eigenvalue weighted by molar-refractivity contribution is -0.359. The van der Waals surface area contributed by atoms with Gasteiger partial charge in [-0.3, -0.25) is 4.79 Å². The molecule has 2 aliphatic heterocycles. The van der Waals surface area contributed by atoms with Crippen molar-refractivity contribution in [2.75, 3.05) is 19.8 Å². The van der Waals surface area contributed by atoms with Crippen LogP contribution in [0.3, 0.4) is 0 Å². The molecule has 14 nitrogen and oxygen atoms in total. The topological polar surface area (TPSA) is 228 Å². The summed E-state index contributed by atoms with van der Waals surface area (Å²) >= 11 is 0. The standard InChI is InChI=1S/C55H103NO13/c1-3-5-7-9-11-13-15-16-17-18-19-20-21-22-23-24-25-26-27-29-31-33-35-37-39-47(60)56-43(44(59)38-36-34-32-30-28-14-12-10-8-6-4-2)42-66-54-52(65)50(63)53(46(41-58)68-54)69-55-51(64)49(62)48(61)45(40-57)67-55/h28,30,36,38,43-46,48-55,57-59,61-65H,3-27,29,31-35,37,39-42H2,1-2H3,(H,56,60)/b30-28+,38-36+. The van der Waals surface area contributed by atoms with Gasteiger partial charge in [0.1, 0.15) is 48.8 Å². The Morgan fingerprint density at radius 1 is 0.507 bits per heavy atom. The van der Waals surface area contributed by atoms with E-state index in [4.69, 9.17) is 18.9 Å². The van der Waals surface area contributed by atoms with Crippen LogP contribution in [0.5, 0.6) is 0 Å². The predicted molar refractivity (Wildman–Crippen MR) is 272 cm³/mol. The fraction of sp³-hybridized carbons (Fsp3) is 0.909. The van der Waals surface area contributed by atoms with Crippen molar-refractivity contribution in [1.82, 2.24) is 5.32 Å². The maximum atomic E-state index is 13.2. The first kappa shape index (κ1) is 63.6. The average molecular weight is 986 g/mol. The molecule has 0 spiro atoms. The molecule has 0 aromatic rings. The number of nitrogens with one attached hydrogen (secondary N) is 1. The maximum Gasteiger partial charge on any atom is 0.220 e. The Bertz CT molecular complexity index is 1260. The Morgan fingerprint density at radius 2 is 0.928 bits per heavy atom. The minimum atomic E-state index is -1.79. The Balaban J connectivity index is 1.73. The minimum absolute atomic E-state index is 0.247.